The van der Waals surface area contributed by atoms with Crippen LogP contribution in [0.1, 0.15) is 61.4 Å². The van der Waals surface area contributed by atoms with Crippen LogP contribution in [0, 0.1) is 0 Å². The van der Waals surface area contributed by atoms with E-state index in [0.29, 0.717) is 29.7 Å². The van der Waals surface area contributed by atoms with Crippen LogP contribution in [0.3, 0.4) is 0 Å². The van der Waals surface area contributed by atoms with Gasteiger partial charge < -0.3 is 14.4 Å². The molecule has 1 fully saturated rings. The Morgan fingerprint density at radius 2 is 2.00 bits per heavy atom. The van der Waals surface area contributed by atoms with E-state index in [2.05, 4.69) is 5.10 Å². The van der Waals surface area contributed by atoms with Gasteiger partial charge in [-0.3, -0.25) is 19.2 Å². The molecule has 0 N–H and O–H groups in total. The van der Waals surface area contributed by atoms with Gasteiger partial charge in [-0.2, -0.15) is 9.61 Å². The zero-order valence-electron chi connectivity index (χ0n) is 16.4. The van der Waals surface area contributed by atoms with Crippen LogP contribution in [0.15, 0.2) is 10.9 Å². The molecule has 2 aromatic heterocycles. The van der Waals surface area contributed by atoms with Crippen LogP contribution in [0.4, 0.5) is 0 Å². The van der Waals surface area contributed by atoms with Crippen molar-refractivity contribution >= 4 is 23.2 Å². The third-order valence-corrected chi connectivity index (χ3v) is 5.62. The summed E-state index contributed by atoms with van der Waals surface area (Å²) >= 11 is 0. The van der Waals surface area contributed by atoms with Crippen molar-refractivity contribution in [1.82, 2.24) is 24.0 Å². The number of rotatable bonds is 4. The number of carbonyl (C=O) groups excluding carboxylic acids is 3. The van der Waals surface area contributed by atoms with Crippen LogP contribution in [-0.2, 0) is 22.7 Å². The second-order valence-electron chi connectivity index (χ2n) is 7.85. The Morgan fingerprint density at radius 3 is 2.57 bits per heavy atom. The quantitative estimate of drug-likeness (QED) is 0.773. The minimum Gasteiger partial charge on any atom is -0.337 e. The molecule has 2 aliphatic heterocycles. The highest BCUT2D eigenvalue weighted by molar-refractivity contribution is 5.98. The fraction of sp³-hybridized carbons (Fsp3) is 0.526. The molecule has 148 valence electrons. The number of carbonyl (C=O) groups is 3. The summed E-state index contributed by atoms with van der Waals surface area (Å²) in [6, 6.07) is 1.44. The first-order valence-electron chi connectivity index (χ1n) is 9.42. The molecule has 0 bridgehead atoms. The number of hydrogen-bond donors (Lipinski definition) is 0. The maximum absolute atomic E-state index is 13.1. The summed E-state index contributed by atoms with van der Waals surface area (Å²) in [6.45, 7) is 5.41. The van der Waals surface area contributed by atoms with Gasteiger partial charge in [-0.25, -0.2) is 0 Å². The summed E-state index contributed by atoms with van der Waals surface area (Å²) in [6.07, 6.45) is 1.06. The summed E-state index contributed by atoms with van der Waals surface area (Å²) in [5.41, 5.74) is 1.28. The minimum atomic E-state index is -0.348. The molecule has 4 rings (SSSR count). The van der Waals surface area contributed by atoms with E-state index < -0.39 is 0 Å². The van der Waals surface area contributed by atoms with E-state index in [1.807, 2.05) is 13.8 Å². The van der Waals surface area contributed by atoms with E-state index in [0.717, 1.165) is 0 Å². The smallest absolute Gasteiger partial charge is 0.280 e. The van der Waals surface area contributed by atoms with E-state index in [4.69, 9.17) is 0 Å². The van der Waals surface area contributed by atoms with E-state index in [-0.39, 0.29) is 54.0 Å². The number of ketones is 1. The van der Waals surface area contributed by atoms with Crippen molar-refractivity contribution in [2.45, 2.75) is 58.8 Å². The number of aromatic nitrogens is 3. The number of fused-ring (bicyclic) bond motifs is 2. The van der Waals surface area contributed by atoms with Crippen LogP contribution in [0.25, 0.3) is 5.65 Å². The first-order valence-corrected chi connectivity index (χ1v) is 9.42. The molecule has 2 amide bonds. The lowest BCUT2D eigenvalue weighted by Crippen LogP contribution is -2.32. The van der Waals surface area contributed by atoms with Gasteiger partial charge in [0.25, 0.3) is 11.5 Å². The van der Waals surface area contributed by atoms with Crippen molar-refractivity contribution in [1.29, 1.82) is 0 Å². The van der Waals surface area contributed by atoms with Crippen molar-refractivity contribution in [3.8, 4) is 0 Å². The fourth-order valence-electron chi connectivity index (χ4n) is 4.12. The number of nitrogens with zero attached hydrogens (tertiary/aromatic N) is 5. The zero-order chi connectivity index (χ0) is 20.3. The Hall–Kier alpha value is -2.97. The van der Waals surface area contributed by atoms with E-state index in [1.165, 1.54) is 11.4 Å². The molecular formula is C19H23N5O4. The maximum atomic E-state index is 13.1. The first kappa shape index (κ1) is 18.4. The summed E-state index contributed by atoms with van der Waals surface area (Å²) in [5.74, 6) is -0.340. The molecular weight excluding hydrogens is 362 g/mol. The summed E-state index contributed by atoms with van der Waals surface area (Å²) < 4.78 is 2.86. The molecule has 0 spiro atoms. The van der Waals surface area contributed by atoms with Gasteiger partial charge in [0.15, 0.2) is 0 Å². The Labute approximate surface area is 161 Å². The van der Waals surface area contributed by atoms with Crippen LogP contribution < -0.4 is 5.56 Å². The Bertz CT molecular complexity index is 1080. The number of likely N-dealkylation sites (tertiary alicyclic amines) is 1. The van der Waals surface area contributed by atoms with Crippen LogP contribution in [0.2, 0.25) is 0 Å². The average Bonchev–Trinajstić information content (AvgIpc) is 3.29. The molecule has 2 aliphatic rings. The van der Waals surface area contributed by atoms with Crippen molar-refractivity contribution < 1.29 is 14.4 Å². The van der Waals surface area contributed by atoms with Crippen LogP contribution in [0.5, 0.6) is 0 Å². The normalized spacial score (nSPS) is 19.4. The van der Waals surface area contributed by atoms with Crippen LogP contribution >= 0.6 is 0 Å². The number of Topliss-reactive ketones (excluding diaryl/α,β-unsaturated/α-hetero) is 1. The monoisotopic (exact) mass is 385 g/mol. The van der Waals surface area contributed by atoms with Crippen LogP contribution in [-0.4, -0.2) is 54.7 Å². The van der Waals surface area contributed by atoms with Crippen molar-refractivity contribution in [3.05, 3.63) is 33.4 Å². The van der Waals surface area contributed by atoms with Crippen molar-refractivity contribution in [2.75, 3.05) is 7.05 Å². The van der Waals surface area contributed by atoms with Gasteiger partial charge >= 0.3 is 0 Å². The third-order valence-electron chi connectivity index (χ3n) is 5.62. The SMILES string of the molecule is CC(=O)Cn1c2c(c(=O)n3nc(C4CCC(=O)N4C)cc13)CN(C(C)C)C2=O. The molecule has 0 aromatic carbocycles. The van der Waals surface area contributed by atoms with Gasteiger partial charge in [-0.15, -0.1) is 0 Å². The standard InChI is InChI=1S/C19H23N5O4/c1-10(2)22-9-12-17(19(22)28)23(8-11(3)25)15-7-13(20-24(15)18(12)27)14-5-6-16(26)21(14)4/h7,10,14H,5-6,8-9H2,1-4H3. The average molecular weight is 385 g/mol. The van der Waals surface area contributed by atoms with E-state index >= 15 is 0 Å². The highest BCUT2D eigenvalue weighted by Gasteiger charge is 2.37. The second-order valence-corrected chi connectivity index (χ2v) is 7.85. The van der Waals surface area contributed by atoms with Crippen molar-refractivity contribution in [3.63, 3.8) is 0 Å². The molecule has 0 saturated carbocycles. The molecule has 9 heteroatoms. The number of amides is 2. The Kier molecular flexibility index (Phi) is 4.13. The third kappa shape index (κ3) is 2.56. The van der Waals surface area contributed by atoms with Gasteiger partial charge in [0.1, 0.15) is 17.1 Å². The van der Waals surface area contributed by atoms with Gasteiger partial charge in [0.05, 0.1) is 30.4 Å². The molecule has 9 nitrogen and oxygen atoms in total. The molecule has 1 atom stereocenters. The lowest BCUT2D eigenvalue weighted by Gasteiger charge is -2.20. The summed E-state index contributed by atoms with van der Waals surface area (Å²) in [4.78, 5) is 53.1. The topological polar surface area (TPSA) is 97.0 Å². The molecule has 28 heavy (non-hydrogen) atoms. The minimum absolute atomic E-state index is 0.0195. The number of hydrogen-bond acceptors (Lipinski definition) is 5. The molecule has 0 aliphatic carbocycles. The predicted molar refractivity (Wildman–Crippen MR) is 99.9 cm³/mol. The lowest BCUT2D eigenvalue weighted by atomic mass is 10.1. The first-order chi connectivity index (χ1) is 13.2. The van der Waals surface area contributed by atoms with E-state index in [9.17, 15) is 19.2 Å². The fourth-order valence-corrected chi connectivity index (χ4v) is 4.12. The molecule has 0 radical (unpaired) electrons. The maximum Gasteiger partial charge on any atom is 0.280 e. The Balaban J connectivity index is 1.94. The van der Waals surface area contributed by atoms with Gasteiger partial charge in [0, 0.05) is 25.6 Å². The predicted octanol–water partition coefficient (Wildman–Crippen LogP) is 0.742. The van der Waals surface area contributed by atoms with Gasteiger partial charge in [-0.1, -0.05) is 0 Å². The highest BCUT2D eigenvalue weighted by Crippen LogP contribution is 2.32. The second kappa shape index (κ2) is 6.29. The zero-order valence-corrected chi connectivity index (χ0v) is 16.4. The van der Waals surface area contributed by atoms with Gasteiger partial charge in [-0.05, 0) is 27.2 Å². The highest BCUT2D eigenvalue weighted by atomic mass is 16.2. The molecule has 1 unspecified atom stereocenters. The largest absolute Gasteiger partial charge is 0.337 e. The summed E-state index contributed by atoms with van der Waals surface area (Å²) in [7, 11) is 1.72. The van der Waals surface area contributed by atoms with Gasteiger partial charge in [0.2, 0.25) is 5.91 Å². The summed E-state index contributed by atoms with van der Waals surface area (Å²) in [5, 5.41) is 4.47. The molecule has 1 saturated heterocycles. The molecule has 4 heterocycles. The van der Waals surface area contributed by atoms with Crippen molar-refractivity contribution in [2.24, 2.45) is 0 Å². The lowest BCUT2D eigenvalue weighted by molar-refractivity contribution is -0.127. The molecule has 2 aromatic rings. The Morgan fingerprint density at radius 1 is 1.29 bits per heavy atom. The van der Waals surface area contributed by atoms with E-state index in [1.54, 1.807) is 27.5 Å².